The Bertz CT molecular complexity index is 1780. The maximum atomic E-state index is 13.6. The van der Waals surface area contributed by atoms with Gasteiger partial charge in [0.15, 0.2) is 0 Å². The van der Waals surface area contributed by atoms with Gasteiger partial charge in [-0.3, -0.25) is 4.79 Å². The van der Waals surface area contributed by atoms with Gasteiger partial charge in [-0.1, -0.05) is 24.3 Å². The molecule has 0 bridgehead atoms. The van der Waals surface area contributed by atoms with E-state index in [-0.39, 0.29) is 55.6 Å². The van der Waals surface area contributed by atoms with Crippen molar-refractivity contribution in [1.82, 2.24) is 9.80 Å². The van der Waals surface area contributed by atoms with Crippen LogP contribution in [-0.4, -0.2) is 78.6 Å². The number of piperidine rings is 1. The molecule has 276 valence electrons. The van der Waals surface area contributed by atoms with Crippen molar-refractivity contribution in [3.05, 3.63) is 101 Å². The summed E-state index contributed by atoms with van der Waals surface area (Å²) in [6, 6.07) is 14.0. The van der Waals surface area contributed by atoms with Crippen LogP contribution in [0.25, 0.3) is 0 Å². The summed E-state index contributed by atoms with van der Waals surface area (Å²) in [4.78, 5) is 53.8. The summed E-state index contributed by atoms with van der Waals surface area (Å²) in [5.41, 5.74) is -3.71. The lowest BCUT2D eigenvalue weighted by molar-refractivity contribution is -0.277. The van der Waals surface area contributed by atoms with Gasteiger partial charge in [0.2, 0.25) is 5.60 Å². The molecule has 6 rings (SSSR count). The second kappa shape index (κ2) is 13.8. The number of esters is 2. The molecule has 0 aliphatic carbocycles. The maximum Gasteiger partial charge on any atom is 0.424 e. The van der Waals surface area contributed by atoms with Gasteiger partial charge in [-0.2, -0.15) is 31.2 Å². The maximum absolute atomic E-state index is 13.6. The fourth-order valence-corrected chi connectivity index (χ4v) is 6.50. The molecule has 3 saturated heterocycles. The van der Waals surface area contributed by atoms with E-state index in [0.717, 1.165) is 36.4 Å². The molecule has 3 aliphatic rings. The number of likely N-dealkylation sites (tertiary alicyclic amines) is 1. The number of amides is 2. The van der Waals surface area contributed by atoms with E-state index in [1.807, 2.05) is 4.90 Å². The first-order valence-corrected chi connectivity index (χ1v) is 15.9. The highest BCUT2D eigenvalue weighted by atomic mass is 19.4. The first kappa shape index (κ1) is 36.6. The quantitative estimate of drug-likeness (QED) is 0.110. The largest absolute Gasteiger partial charge is 0.497 e. The van der Waals surface area contributed by atoms with Crippen LogP contribution >= 0.6 is 0 Å². The molecule has 2 spiro atoms. The summed E-state index contributed by atoms with van der Waals surface area (Å²) in [5.74, 6) is -5.87. The molecule has 3 heterocycles. The Kier molecular flexibility index (Phi) is 9.69. The molecule has 3 aromatic carbocycles. The summed E-state index contributed by atoms with van der Waals surface area (Å²) in [5, 5.41) is 0. The Hall–Kier alpha value is -5.16. The third kappa shape index (κ3) is 6.89. The number of imide groups is 1. The molecular formula is C35H30F6N2O9. The van der Waals surface area contributed by atoms with Crippen LogP contribution in [-0.2, 0) is 40.9 Å². The Morgan fingerprint density at radius 3 is 1.85 bits per heavy atom. The number of hydrogen-bond acceptors (Lipinski definition) is 10. The van der Waals surface area contributed by atoms with E-state index >= 15 is 0 Å². The number of benzene rings is 3. The molecule has 0 saturated carbocycles. The number of fused-ring (bicyclic) bond motifs is 1. The predicted molar refractivity (Wildman–Crippen MR) is 164 cm³/mol. The van der Waals surface area contributed by atoms with Crippen molar-refractivity contribution in [2.24, 2.45) is 0 Å². The van der Waals surface area contributed by atoms with Crippen molar-refractivity contribution in [2.45, 2.75) is 49.2 Å². The minimum absolute atomic E-state index is 0.0109. The van der Waals surface area contributed by atoms with Gasteiger partial charge in [0.05, 0.1) is 18.2 Å². The van der Waals surface area contributed by atoms with Gasteiger partial charge >= 0.3 is 36.3 Å². The minimum atomic E-state index is -4.69. The highest BCUT2D eigenvalue weighted by Crippen LogP contribution is 2.50. The second-order valence-corrected chi connectivity index (χ2v) is 12.3. The number of nitrogens with zero attached hydrogens (tertiary/aromatic N) is 2. The number of carbonyl (C=O) groups is 4. The zero-order chi connectivity index (χ0) is 37.5. The standard InChI is InChI=1S/C35H30F6N2O9/c1-48-26-11-9-21(10-12-26)28(44)43-31(47)52-32(35(43)50-29(45)30(46)51-35)13-16-42(17-14-32)15-4-18-49-27(22-5-2-7-24(19-22)33(36,37)38)23-6-3-8-25(20-23)34(39,40)41/h2-3,5-12,19-20,27H,4,13-18H2,1H3. The van der Waals surface area contributed by atoms with Crippen molar-refractivity contribution in [3.8, 4) is 5.75 Å². The van der Waals surface area contributed by atoms with Crippen molar-refractivity contribution in [1.29, 1.82) is 0 Å². The first-order chi connectivity index (χ1) is 24.6. The van der Waals surface area contributed by atoms with Crippen molar-refractivity contribution in [3.63, 3.8) is 0 Å². The van der Waals surface area contributed by atoms with Gasteiger partial charge in [-0.15, -0.1) is 0 Å². The van der Waals surface area contributed by atoms with Crippen molar-refractivity contribution >= 4 is 23.9 Å². The number of rotatable bonds is 9. The molecule has 17 heteroatoms. The molecule has 0 radical (unpaired) electrons. The van der Waals surface area contributed by atoms with Crippen molar-refractivity contribution in [2.75, 3.05) is 33.4 Å². The molecule has 52 heavy (non-hydrogen) atoms. The SMILES string of the molecule is COc1ccc(C(=O)N2C(=O)OC3(CCN(CCCOC(c4cccc(C(F)(F)F)c4)c4cccc(C(F)(F)F)c4)CC3)C23OC(=O)C(=O)O3)cc1. The highest BCUT2D eigenvalue weighted by Gasteiger charge is 2.77. The van der Waals surface area contributed by atoms with Crippen LogP contribution in [0.5, 0.6) is 5.75 Å². The van der Waals surface area contributed by atoms with E-state index in [4.69, 9.17) is 23.7 Å². The zero-order valence-corrected chi connectivity index (χ0v) is 27.3. The smallest absolute Gasteiger partial charge is 0.424 e. The lowest BCUT2D eigenvalue weighted by Gasteiger charge is -2.43. The second-order valence-electron chi connectivity index (χ2n) is 12.3. The van der Waals surface area contributed by atoms with Crippen LogP contribution in [0.4, 0.5) is 31.1 Å². The number of alkyl halides is 6. The van der Waals surface area contributed by atoms with E-state index in [1.54, 1.807) is 0 Å². The van der Waals surface area contributed by atoms with Crippen LogP contribution in [0.3, 0.4) is 0 Å². The first-order valence-electron chi connectivity index (χ1n) is 15.9. The Balaban J connectivity index is 1.14. The monoisotopic (exact) mass is 736 g/mol. The average molecular weight is 737 g/mol. The molecule has 0 atom stereocenters. The Labute approximate surface area is 291 Å². The summed E-state index contributed by atoms with van der Waals surface area (Å²) in [6.45, 7) is 0.610. The molecule has 0 N–H and O–H groups in total. The predicted octanol–water partition coefficient (Wildman–Crippen LogP) is 6.11. The molecule has 3 fully saturated rings. The van der Waals surface area contributed by atoms with Gasteiger partial charge in [0, 0.05) is 44.6 Å². The Morgan fingerprint density at radius 1 is 0.808 bits per heavy atom. The summed E-state index contributed by atoms with van der Waals surface area (Å²) in [7, 11) is 1.42. The lowest BCUT2D eigenvalue weighted by atomic mass is 9.86. The average Bonchev–Trinajstić information content (AvgIpc) is 3.53. The fourth-order valence-electron chi connectivity index (χ4n) is 6.50. The number of methoxy groups -OCH3 is 1. The van der Waals surface area contributed by atoms with Gasteiger partial charge in [-0.05, 0) is 66.1 Å². The summed E-state index contributed by atoms with van der Waals surface area (Å²) in [6.07, 6.45) is -11.7. The third-order valence-corrected chi connectivity index (χ3v) is 9.10. The third-order valence-electron chi connectivity index (χ3n) is 9.10. The van der Waals surface area contributed by atoms with E-state index < -0.39 is 65.0 Å². The fraction of sp³-hybridized carbons (Fsp3) is 0.371. The highest BCUT2D eigenvalue weighted by molar-refractivity contribution is 6.31. The number of carbonyl (C=O) groups excluding carboxylic acids is 4. The topological polar surface area (TPSA) is 121 Å². The number of halogens is 6. The van der Waals surface area contributed by atoms with Crippen LogP contribution in [0.15, 0.2) is 72.8 Å². The molecule has 3 aromatic rings. The molecular weight excluding hydrogens is 706 g/mol. The van der Waals surface area contributed by atoms with Gasteiger partial charge in [0.25, 0.3) is 5.91 Å². The van der Waals surface area contributed by atoms with E-state index in [0.29, 0.717) is 17.2 Å². The lowest BCUT2D eigenvalue weighted by Crippen LogP contribution is -2.64. The normalized spacial score (nSPS) is 18.5. The van der Waals surface area contributed by atoms with Crippen molar-refractivity contribution < 1.29 is 69.2 Å². The zero-order valence-electron chi connectivity index (χ0n) is 27.3. The van der Waals surface area contributed by atoms with Crippen LogP contribution < -0.4 is 4.74 Å². The van der Waals surface area contributed by atoms with Gasteiger partial charge in [-0.25, -0.2) is 14.4 Å². The molecule has 0 unspecified atom stereocenters. The summed E-state index contributed by atoms with van der Waals surface area (Å²) >= 11 is 0. The van der Waals surface area contributed by atoms with Gasteiger partial charge in [0.1, 0.15) is 11.9 Å². The van der Waals surface area contributed by atoms with E-state index in [9.17, 15) is 45.5 Å². The van der Waals surface area contributed by atoms with Crippen LogP contribution in [0, 0.1) is 0 Å². The molecule has 2 amide bonds. The number of ether oxygens (including phenoxy) is 5. The molecule has 0 aromatic heterocycles. The number of hydrogen-bond donors (Lipinski definition) is 0. The van der Waals surface area contributed by atoms with Gasteiger partial charge < -0.3 is 28.6 Å². The van der Waals surface area contributed by atoms with Crippen LogP contribution in [0.2, 0.25) is 0 Å². The molecule has 3 aliphatic heterocycles. The van der Waals surface area contributed by atoms with E-state index in [1.165, 1.54) is 43.5 Å². The minimum Gasteiger partial charge on any atom is -0.497 e. The van der Waals surface area contributed by atoms with Crippen LogP contribution in [0.1, 0.15) is 58.0 Å². The summed E-state index contributed by atoms with van der Waals surface area (Å²) < 4.78 is 108. The Morgan fingerprint density at radius 2 is 1.35 bits per heavy atom. The van der Waals surface area contributed by atoms with E-state index in [2.05, 4.69) is 0 Å². The molecule has 11 nitrogen and oxygen atoms in total.